The molecular formula is C18H17ClN2O2S2. The Morgan fingerprint density at radius 2 is 2.12 bits per heavy atom. The molecule has 0 spiro atoms. The van der Waals surface area contributed by atoms with E-state index in [1.54, 1.807) is 35.2 Å². The Bertz CT molecular complexity index is 794. The molecule has 2 saturated heterocycles. The maximum absolute atomic E-state index is 12.7. The van der Waals surface area contributed by atoms with Gasteiger partial charge in [-0.1, -0.05) is 29.8 Å². The van der Waals surface area contributed by atoms with Gasteiger partial charge in [0.1, 0.15) is 10.9 Å². The molecule has 130 valence electrons. The molecule has 4 rings (SSSR count). The summed E-state index contributed by atoms with van der Waals surface area (Å²) < 4.78 is 0. The maximum Gasteiger partial charge on any atom is 0.244 e. The second kappa shape index (κ2) is 6.67. The zero-order chi connectivity index (χ0) is 17.4. The first-order valence-electron chi connectivity index (χ1n) is 8.12. The number of carbonyl (C=O) groups excluding carboxylic acids is 2. The predicted molar refractivity (Wildman–Crippen MR) is 102 cm³/mol. The lowest BCUT2D eigenvalue weighted by molar-refractivity contribution is -0.138. The monoisotopic (exact) mass is 392 g/mol. The zero-order valence-electron chi connectivity index (χ0n) is 13.4. The van der Waals surface area contributed by atoms with E-state index in [0.29, 0.717) is 23.7 Å². The van der Waals surface area contributed by atoms with Gasteiger partial charge in [0.15, 0.2) is 0 Å². The molecule has 0 unspecified atom stereocenters. The number of rotatable bonds is 4. The molecule has 0 bridgehead atoms. The summed E-state index contributed by atoms with van der Waals surface area (Å²) in [5, 5.41) is 5.67. The number of nitrogens with one attached hydrogen (secondary N) is 1. The van der Waals surface area contributed by atoms with Crippen molar-refractivity contribution in [3.63, 3.8) is 0 Å². The van der Waals surface area contributed by atoms with Crippen LogP contribution >= 0.6 is 34.7 Å². The minimum Gasteiger partial charge on any atom is -0.350 e. The van der Waals surface area contributed by atoms with Crippen molar-refractivity contribution in [2.24, 2.45) is 0 Å². The van der Waals surface area contributed by atoms with Crippen molar-refractivity contribution < 1.29 is 9.59 Å². The first-order chi connectivity index (χ1) is 12.1. The average molecular weight is 393 g/mol. The lowest BCUT2D eigenvalue weighted by atomic mass is 10.1. The highest BCUT2D eigenvalue weighted by atomic mass is 35.5. The van der Waals surface area contributed by atoms with Crippen LogP contribution in [0.1, 0.15) is 23.3 Å². The standard InChI is InChI=1S/C18H17ClN2O2S2/c19-13-5-3-12(4-6-13)10-20-17(23)14-11-25-18(15-2-1-9-24-15)8-7-16(22)21(14)18/h1-6,9,14H,7-8,10-11H2,(H,20,23)/t14-,18+/m0/s1. The van der Waals surface area contributed by atoms with Crippen LogP contribution in [-0.2, 0) is 21.0 Å². The average Bonchev–Trinajstić information content (AvgIpc) is 3.32. The maximum atomic E-state index is 12.7. The van der Waals surface area contributed by atoms with E-state index in [1.165, 1.54) is 0 Å². The van der Waals surface area contributed by atoms with Gasteiger partial charge in [0, 0.05) is 28.6 Å². The summed E-state index contributed by atoms with van der Waals surface area (Å²) in [4.78, 5) is 27.9. The number of nitrogens with zero attached hydrogens (tertiary/aromatic N) is 1. The minimum absolute atomic E-state index is 0.0741. The Balaban J connectivity index is 1.50. The Hall–Kier alpha value is -1.50. The third-order valence-electron chi connectivity index (χ3n) is 4.72. The molecule has 2 amide bonds. The quantitative estimate of drug-likeness (QED) is 0.864. The molecule has 7 heteroatoms. The van der Waals surface area contributed by atoms with Gasteiger partial charge in [-0.2, -0.15) is 0 Å². The van der Waals surface area contributed by atoms with Crippen LogP contribution in [0.25, 0.3) is 0 Å². The molecule has 0 aliphatic carbocycles. The van der Waals surface area contributed by atoms with Gasteiger partial charge in [-0.3, -0.25) is 9.59 Å². The van der Waals surface area contributed by atoms with Crippen LogP contribution in [0, 0.1) is 0 Å². The largest absolute Gasteiger partial charge is 0.350 e. The molecule has 1 aromatic carbocycles. The van der Waals surface area contributed by atoms with Gasteiger partial charge in [0.2, 0.25) is 11.8 Å². The molecule has 0 saturated carbocycles. The van der Waals surface area contributed by atoms with Gasteiger partial charge in [-0.15, -0.1) is 23.1 Å². The lowest BCUT2D eigenvalue weighted by Gasteiger charge is -2.32. The van der Waals surface area contributed by atoms with E-state index in [1.807, 2.05) is 28.5 Å². The summed E-state index contributed by atoms with van der Waals surface area (Å²) in [7, 11) is 0. The van der Waals surface area contributed by atoms with Gasteiger partial charge < -0.3 is 10.2 Å². The number of halogens is 1. The zero-order valence-corrected chi connectivity index (χ0v) is 15.8. The summed E-state index contributed by atoms with van der Waals surface area (Å²) in [6.07, 6.45) is 1.28. The third kappa shape index (κ3) is 2.96. The Morgan fingerprint density at radius 3 is 2.84 bits per heavy atom. The topological polar surface area (TPSA) is 49.4 Å². The summed E-state index contributed by atoms with van der Waals surface area (Å²) in [6.45, 7) is 0.436. The summed E-state index contributed by atoms with van der Waals surface area (Å²) in [5.74, 6) is 0.622. The van der Waals surface area contributed by atoms with Gasteiger partial charge >= 0.3 is 0 Å². The molecule has 2 aliphatic rings. The van der Waals surface area contributed by atoms with Crippen LogP contribution in [0.15, 0.2) is 41.8 Å². The first-order valence-corrected chi connectivity index (χ1v) is 10.4. The van der Waals surface area contributed by atoms with Crippen molar-refractivity contribution in [2.75, 3.05) is 5.75 Å². The van der Waals surface area contributed by atoms with Crippen molar-refractivity contribution in [1.82, 2.24) is 10.2 Å². The number of carbonyl (C=O) groups is 2. The highest BCUT2D eigenvalue weighted by Gasteiger charge is 2.57. The molecular weight excluding hydrogens is 376 g/mol. The lowest BCUT2D eigenvalue weighted by Crippen LogP contribution is -2.49. The minimum atomic E-state index is -0.408. The third-order valence-corrected chi connectivity index (χ3v) is 7.70. The summed E-state index contributed by atoms with van der Waals surface area (Å²) in [6, 6.07) is 11.1. The normalized spacial score (nSPS) is 25.2. The number of benzene rings is 1. The van der Waals surface area contributed by atoms with Gasteiger partial charge in [0.25, 0.3) is 0 Å². The smallest absolute Gasteiger partial charge is 0.244 e. The molecule has 2 aromatic rings. The van der Waals surface area contributed by atoms with Crippen LogP contribution in [-0.4, -0.2) is 28.5 Å². The van der Waals surface area contributed by atoms with E-state index in [0.717, 1.165) is 16.9 Å². The Labute approximate surface area is 159 Å². The van der Waals surface area contributed by atoms with Crippen molar-refractivity contribution in [2.45, 2.75) is 30.3 Å². The van der Waals surface area contributed by atoms with Crippen LogP contribution in [0.2, 0.25) is 5.02 Å². The fraction of sp³-hybridized carbons (Fsp3) is 0.333. The first kappa shape index (κ1) is 16.9. The molecule has 2 atom stereocenters. The fourth-order valence-corrected chi connectivity index (χ4v) is 6.34. The molecule has 0 radical (unpaired) electrons. The Morgan fingerprint density at radius 1 is 1.32 bits per heavy atom. The van der Waals surface area contributed by atoms with Crippen LogP contribution in [0.5, 0.6) is 0 Å². The molecule has 25 heavy (non-hydrogen) atoms. The van der Waals surface area contributed by atoms with Crippen molar-refractivity contribution >= 4 is 46.5 Å². The van der Waals surface area contributed by atoms with Gasteiger partial charge in [0.05, 0.1) is 0 Å². The van der Waals surface area contributed by atoms with Crippen molar-refractivity contribution in [3.05, 3.63) is 57.2 Å². The number of hydrogen-bond donors (Lipinski definition) is 1. The number of thiophene rings is 1. The summed E-state index contributed by atoms with van der Waals surface area (Å²) in [5.41, 5.74) is 0.987. The number of hydrogen-bond acceptors (Lipinski definition) is 4. The SMILES string of the molecule is O=C(NCc1ccc(Cl)cc1)[C@@H]1CS[C@@]2(c3cccs3)CCC(=O)N12. The molecule has 4 nitrogen and oxygen atoms in total. The van der Waals surface area contributed by atoms with E-state index in [2.05, 4.69) is 11.4 Å². The van der Waals surface area contributed by atoms with Crippen LogP contribution in [0.4, 0.5) is 0 Å². The summed E-state index contributed by atoms with van der Waals surface area (Å²) >= 11 is 9.26. The van der Waals surface area contributed by atoms with Gasteiger partial charge in [-0.25, -0.2) is 0 Å². The predicted octanol–water partition coefficient (Wildman–Crippen LogP) is 3.61. The fourth-order valence-electron chi connectivity index (χ4n) is 3.49. The number of amides is 2. The molecule has 1 aromatic heterocycles. The van der Waals surface area contributed by atoms with E-state index in [9.17, 15) is 9.59 Å². The van der Waals surface area contributed by atoms with E-state index < -0.39 is 6.04 Å². The number of fused-ring (bicyclic) bond motifs is 1. The van der Waals surface area contributed by atoms with E-state index >= 15 is 0 Å². The molecule has 3 heterocycles. The molecule has 2 aliphatic heterocycles. The second-order valence-corrected chi connectivity index (χ2v) is 8.88. The Kier molecular flexibility index (Phi) is 4.52. The second-order valence-electron chi connectivity index (χ2n) is 6.20. The van der Waals surface area contributed by atoms with E-state index in [-0.39, 0.29) is 16.7 Å². The van der Waals surface area contributed by atoms with Crippen LogP contribution < -0.4 is 5.32 Å². The van der Waals surface area contributed by atoms with E-state index in [4.69, 9.17) is 11.6 Å². The highest BCUT2D eigenvalue weighted by Crippen LogP contribution is 2.55. The highest BCUT2D eigenvalue weighted by molar-refractivity contribution is 8.00. The van der Waals surface area contributed by atoms with Crippen molar-refractivity contribution in [1.29, 1.82) is 0 Å². The van der Waals surface area contributed by atoms with Crippen LogP contribution in [0.3, 0.4) is 0 Å². The molecule has 1 N–H and O–H groups in total. The molecule has 2 fully saturated rings. The van der Waals surface area contributed by atoms with Gasteiger partial charge in [-0.05, 0) is 35.6 Å². The van der Waals surface area contributed by atoms with Crippen molar-refractivity contribution in [3.8, 4) is 0 Å². The number of thioether (sulfide) groups is 1.